The molecule has 0 aliphatic carbocycles. The van der Waals surface area contributed by atoms with Crippen LogP contribution in [-0.2, 0) is 6.54 Å². The number of carbonyl (C=O) groups is 1. The number of phenols is 1. The number of piperidine rings is 1. The molecule has 0 spiro atoms. The number of pyridine rings is 1. The van der Waals surface area contributed by atoms with Crippen LogP contribution in [0.1, 0.15) is 35.4 Å². The second-order valence-electron chi connectivity index (χ2n) is 10.3. The summed E-state index contributed by atoms with van der Waals surface area (Å²) in [6.45, 7) is 4.51. The van der Waals surface area contributed by atoms with E-state index in [1.165, 1.54) is 0 Å². The minimum Gasteiger partial charge on any atom is -0.507 e. The number of H-pyrrole nitrogens is 1. The van der Waals surface area contributed by atoms with E-state index < -0.39 is 0 Å². The predicted molar refractivity (Wildman–Crippen MR) is 153 cm³/mol. The summed E-state index contributed by atoms with van der Waals surface area (Å²) in [6, 6.07) is 14.6. The number of methoxy groups -OCH3 is 1. The SMILES string of the molecule is COc1ncccc1-c1ccc(O)c(-c2nc3cc(C(=O)N4CCC(CCn5ccnc5C)CC4)ccc3[nH]2)c1. The first-order valence-electron chi connectivity index (χ1n) is 13.6. The Hall–Kier alpha value is -4.66. The summed E-state index contributed by atoms with van der Waals surface area (Å²) in [4.78, 5) is 31.9. The monoisotopic (exact) mass is 536 g/mol. The molecule has 3 aromatic heterocycles. The summed E-state index contributed by atoms with van der Waals surface area (Å²) in [5, 5.41) is 10.7. The molecule has 5 aromatic rings. The summed E-state index contributed by atoms with van der Waals surface area (Å²) in [5.74, 6) is 2.82. The fourth-order valence-electron chi connectivity index (χ4n) is 5.50. The van der Waals surface area contributed by atoms with Crippen molar-refractivity contribution >= 4 is 16.9 Å². The number of aromatic hydroxyl groups is 1. The number of amides is 1. The number of ether oxygens (including phenoxy) is 1. The summed E-state index contributed by atoms with van der Waals surface area (Å²) in [6.07, 6.45) is 8.66. The number of rotatable bonds is 7. The minimum absolute atomic E-state index is 0.0314. The number of nitrogens with zero attached hydrogens (tertiary/aromatic N) is 5. The van der Waals surface area contributed by atoms with Gasteiger partial charge >= 0.3 is 0 Å². The number of imidazole rings is 2. The molecule has 2 N–H and O–H groups in total. The van der Waals surface area contributed by atoms with E-state index in [0.717, 1.165) is 61.4 Å². The van der Waals surface area contributed by atoms with Gasteiger partial charge in [-0.1, -0.05) is 6.07 Å². The van der Waals surface area contributed by atoms with Gasteiger partial charge in [-0.15, -0.1) is 0 Å². The molecule has 4 heterocycles. The largest absolute Gasteiger partial charge is 0.507 e. The average molecular weight is 537 g/mol. The van der Waals surface area contributed by atoms with Crippen LogP contribution >= 0.6 is 0 Å². The van der Waals surface area contributed by atoms with E-state index >= 15 is 0 Å². The van der Waals surface area contributed by atoms with Crippen LogP contribution in [0.25, 0.3) is 33.5 Å². The van der Waals surface area contributed by atoms with Gasteiger partial charge in [-0.25, -0.2) is 15.0 Å². The summed E-state index contributed by atoms with van der Waals surface area (Å²) < 4.78 is 7.60. The molecule has 1 fully saturated rings. The number of hydrogen-bond donors (Lipinski definition) is 2. The van der Waals surface area contributed by atoms with Crippen LogP contribution in [0.4, 0.5) is 0 Å². The highest BCUT2D eigenvalue weighted by Crippen LogP contribution is 2.36. The van der Waals surface area contributed by atoms with Gasteiger partial charge in [0.2, 0.25) is 5.88 Å². The zero-order valence-electron chi connectivity index (χ0n) is 22.7. The molecule has 0 unspecified atom stereocenters. The molecule has 9 heteroatoms. The van der Waals surface area contributed by atoms with Crippen molar-refractivity contribution in [2.24, 2.45) is 5.92 Å². The maximum atomic E-state index is 13.3. The maximum absolute atomic E-state index is 13.3. The highest BCUT2D eigenvalue weighted by atomic mass is 16.5. The van der Waals surface area contributed by atoms with Crippen LogP contribution in [0.2, 0.25) is 0 Å². The third kappa shape index (κ3) is 5.02. The van der Waals surface area contributed by atoms with E-state index in [-0.39, 0.29) is 11.7 Å². The maximum Gasteiger partial charge on any atom is 0.253 e. The first kappa shape index (κ1) is 25.6. The van der Waals surface area contributed by atoms with Crippen molar-refractivity contribution in [1.29, 1.82) is 0 Å². The highest BCUT2D eigenvalue weighted by Gasteiger charge is 2.24. The third-order valence-corrected chi connectivity index (χ3v) is 7.86. The third-order valence-electron chi connectivity index (χ3n) is 7.86. The molecule has 1 aliphatic heterocycles. The van der Waals surface area contributed by atoms with Crippen LogP contribution in [0.3, 0.4) is 0 Å². The fourth-order valence-corrected chi connectivity index (χ4v) is 5.50. The van der Waals surface area contributed by atoms with Crippen molar-refractivity contribution in [1.82, 2.24) is 29.4 Å². The quantitative estimate of drug-likeness (QED) is 0.286. The van der Waals surface area contributed by atoms with Gasteiger partial charge in [0.15, 0.2) is 0 Å². The first-order chi connectivity index (χ1) is 19.5. The second-order valence-corrected chi connectivity index (χ2v) is 10.3. The lowest BCUT2D eigenvalue weighted by atomic mass is 9.93. The lowest BCUT2D eigenvalue weighted by Crippen LogP contribution is -2.38. The Labute approximate surface area is 232 Å². The van der Waals surface area contributed by atoms with E-state index in [1.807, 2.05) is 66.7 Å². The fraction of sp³-hybridized carbons (Fsp3) is 0.290. The predicted octanol–water partition coefficient (Wildman–Crippen LogP) is 5.45. The molecule has 1 saturated heterocycles. The smallest absolute Gasteiger partial charge is 0.253 e. The van der Waals surface area contributed by atoms with E-state index in [2.05, 4.69) is 19.5 Å². The number of aromatic nitrogens is 5. The molecule has 6 rings (SSSR count). The Bertz CT molecular complexity index is 1660. The summed E-state index contributed by atoms with van der Waals surface area (Å²) in [7, 11) is 1.58. The van der Waals surface area contributed by atoms with Gasteiger partial charge in [0.1, 0.15) is 17.4 Å². The molecular formula is C31H32N6O3. The molecular weight excluding hydrogens is 504 g/mol. The number of aryl methyl sites for hydroxylation is 2. The van der Waals surface area contributed by atoms with Gasteiger partial charge in [-0.2, -0.15) is 0 Å². The van der Waals surface area contributed by atoms with Crippen molar-refractivity contribution in [2.45, 2.75) is 32.7 Å². The van der Waals surface area contributed by atoms with Crippen molar-refractivity contribution < 1.29 is 14.6 Å². The molecule has 0 saturated carbocycles. The van der Waals surface area contributed by atoms with Crippen LogP contribution < -0.4 is 4.74 Å². The molecule has 0 atom stereocenters. The number of phenolic OH excluding ortho intramolecular Hbond substituents is 1. The number of nitrogens with one attached hydrogen (secondary N) is 1. The number of fused-ring (bicyclic) bond motifs is 1. The first-order valence-corrected chi connectivity index (χ1v) is 13.6. The zero-order valence-corrected chi connectivity index (χ0v) is 22.7. The molecule has 0 radical (unpaired) electrons. The Morgan fingerprint density at radius 2 is 1.93 bits per heavy atom. The van der Waals surface area contributed by atoms with Gasteiger partial charge < -0.3 is 24.3 Å². The second kappa shape index (κ2) is 10.8. The molecule has 1 amide bonds. The Balaban J connectivity index is 1.17. The molecule has 204 valence electrons. The molecule has 1 aliphatic rings. The van der Waals surface area contributed by atoms with Crippen LogP contribution in [0, 0.1) is 12.8 Å². The van der Waals surface area contributed by atoms with Crippen LogP contribution in [0.15, 0.2) is 67.1 Å². The van der Waals surface area contributed by atoms with Crippen molar-refractivity contribution in [2.75, 3.05) is 20.2 Å². The van der Waals surface area contributed by atoms with Crippen molar-refractivity contribution in [3.05, 3.63) is 78.5 Å². The van der Waals surface area contributed by atoms with E-state index in [1.54, 1.807) is 19.4 Å². The highest BCUT2D eigenvalue weighted by molar-refractivity contribution is 5.98. The van der Waals surface area contributed by atoms with E-state index in [0.29, 0.717) is 34.3 Å². The minimum atomic E-state index is 0.0314. The Morgan fingerprint density at radius 3 is 2.70 bits per heavy atom. The van der Waals surface area contributed by atoms with Crippen LogP contribution in [0.5, 0.6) is 11.6 Å². The topological polar surface area (TPSA) is 109 Å². The molecule has 2 aromatic carbocycles. The lowest BCUT2D eigenvalue weighted by molar-refractivity contribution is 0.0685. The van der Waals surface area contributed by atoms with E-state index in [4.69, 9.17) is 9.72 Å². The number of benzene rings is 2. The van der Waals surface area contributed by atoms with Gasteiger partial charge in [0, 0.05) is 49.4 Å². The Kier molecular flexibility index (Phi) is 6.94. The summed E-state index contributed by atoms with van der Waals surface area (Å²) in [5.41, 5.74) is 4.31. The van der Waals surface area contributed by atoms with Gasteiger partial charge in [0.25, 0.3) is 5.91 Å². The molecule has 0 bridgehead atoms. The van der Waals surface area contributed by atoms with Crippen molar-refractivity contribution in [3.63, 3.8) is 0 Å². The van der Waals surface area contributed by atoms with Crippen LogP contribution in [-0.4, -0.2) is 60.6 Å². The number of carbonyl (C=O) groups excluding carboxylic acids is 1. The lowest BCUT2D eigenvalue weighted by Gasteiger charge is -2.32. The summed E-state index contributed by atoms with van der Waals surface area (Å²) >= 11 is 0. The number of hydrogen-bond acceptors (Lipinski definition) is 6. The average Bonchev–Trinajstić information content (AvgIpc) is 3.61. The molecule has 40 heavy (non-hydrogen) atoms. The van der Waals surface area contributed by atoms with Gasteiger partial charge in [0.05, 0.1) is 23.7 Å². The zero-order chi connectivity index (χ0) is 27.6. The normalized spacial score (nSPS) is 14.1. The van der Waals surface area contributed by atoms with E-state index in [9.17, 15) is 9.90 Å². The van der Waals surface area contributed by atoms with Gasteiger partial charge in [-0.3, -0.25) is 4.79 Å². The number of aromatic amines is 1. The number of likely N-dealkylation sites (tertiary alicyclic amines) is 1. The molecule has 9 nitrogen and oxygen atoms in total. The Morgan fingerprint density at radius 1 is 1.07 bits per heavy atom. The van der Waals surface area contributed by atoms with Crippen molar-refractivity contribution in [3.8, 4) is 34.1 Å². The standard InChI is InChI=1S/C31H32N6O3/c1-20-32-13-17-36(20)14-9-21-10-15-37(16-11-21)31(39)23-5-7-26-27(19-23)35-29(34-26)25-18-22(6-8-28(25)38)24-4-3-12-33-30(24)40-2/h3-8,12-13,17-19,21,38H,9-11,14-16H2,1-2H3,(H,34,35). The van der Waals surface area contributed by atoms with Gasteiger partial charge in [-0.05, 0) is 80.1 Å².